The SMILES string of the molecule is Cc1ccc(C)c(OCCCC(C(=O)O)c2ccccc2)c1. The first-order chi connectivity index (χ1) is 10.6. The van der Waals surface area contributed by atoms with E-state index in [1.807, 2.05) is 56.3 Å². The Morgan fingerprint density at radius 1 is 1.14 bits per heavy atom. The molecule has 0 bridgehead atoms. The molecule has 0 saturated carbocycles. The third-order valence-corrected chi connectivity index (χ3v) is 3.74. The number of aliphatic carboxylic acids is 1. The molecule has 0 amide bonds. The minimum absolute atomic E-state index is 0.469. The number of carboxylic acids is 1. The highest BCUT2D eigenvalue weighted by Crippen LogP contribution is 2.23. The van der Waals surface area contributed by atoms with Gasteiger partial charge in [0.05, 0.1) is 12.5 Å². The molecular formula is C19H22O3. The molecule has 2 aromatic carbocycles. The molecular weight excluding hydrogens is 276 g/mol. The molecule has 2 aromatic rings. The molecule has 0 aliphatic rings. The molecule has 0 heterocycles. The van der Waals surface area contributed by atoms with Gasteiger partial charge in [-0.05, 0) is 49.4 Å². The Morgan fingerprint density at radius 2 is 1.86 bits per heavy atom. The molecule has 0 aromatic heterocycles. The fourth-order valence-electron chi connectivity index (χ4n) is 2.45. The Bertz CT molecular complexity index is 620. The fourth-order valence-corrected chi connectivity index (χ4v) is 2.45. The van der Waals surface area contributed by atoms with Crippen LogP contribution in [-0.2, 0) is 4.79 Å². The fraction of sp³-hybridized carbons (Fsp3) is 0.316. The van der Waals surface area contributed by atoms with Gasteiger partial charge in [-0.25, -0.2) is 0 Å². The lowest BCUT2D eigenvalue weighted by molar-refractivity contribution is -0.139. The summed E-state index contributed by atoms with van der Waals surface area (Å²) in [5.41, 5.74) is 3.11. The second-order valence-corrected chi connectivity index (χ2v) is 5.56. The molecule has 3 heteroatoms. The normalized spacial score (nSPS) is 11.9. The van der Waals surface area contributed by atoms with Crippen LogP contribution in [0.25, 0.3) is 0 Å². The lowest BCUT2D eigenvalue weighted by Gasteiger charge is -2.14. The highest BCUT2D eigenvalue weighted by atomic mass is 16.5. The third-order valence-electron chi connectivity index (χ3n) is 3.74. The van der Waals surface area contributed by atoms with Crippen LogP contribution in [-0.4, -0.2) is 17.7 Å². The largest absolute Gasteiger partial charge is 0.493 e. The van der Waals surface area contributed by atoms with Crippen LogP contribution in [0.2, 0.25) is 0 Å². The smallest absolute Gasteiger partial charge is 0.310 e. The predicted molar refractivity (Wildman–Crippen MR) is 87.5 cm³/mol. The molecule has 0 aliphatic heterocycles. The highest BCUT2D eigenvalue weighted by molar-refractivity contribution is 5.75. The summed E-state index contributed by atoms with van der Waals surface area (Å²) in [6.07, 6.45) is 1.28. The van der Waals surface area contributed by atoms with Gasteiger partial charge in [-0.1, -0.05) is 42.5 Å². The van der Waals surface area contributed by atoms with Crippen molar-refractivity contribution in [2.45, 2.75) is 32.6 Å². The van der Waals surface area contributed by atoms with Crippen LogP contribution in [0.15, 0.2) is 48.5 Å². The quantitative estimate of drug-likeness (QED) is 0.774. The lowest BCUT2D eigenvalue weighted by Crippen LogP contribution is -2.13. The summed E-state index contributed by atoms with van der Waals surface area (Å²) in [4.78, 5) is 11.4. The molecule has 0 aliphatic carbocycles. The number of aryl methyl sites for hydroxylation is 2. The molecule has 22 heavy (non-hydrogen) atoms. The molecule has 1 N–H and O–H groups in total. The molecule has 0 spiro atoms. The van der Waals surface area contributed by atoms with E-state index >= 15 is 0 Å². The summed E-state index contributed by atoms with van der Waals surface area (Å²) in [6.45, 7) is 4.57. The summed E-state index contributed by atoms with van der Waals surface area (Å²) < 4.78 is 5.79. The van der Waals surface area contributed by atoms with Crippen LogP contribution >= 0.6 is 0 Å². The van der Waals surface area contributed by atoms with Crippen LogP contribution in [0.4, 0.5) is 0 Å². The average molecular weight is 298 g/mol. The lowest BCUT2D eigenvalue weighted by atomic mass is 9.94. The number of hydrogen-bond donors (Lipinski definition) is 1. The molecule has 1 unspecified atom stereocenters. The number of hydrogen-bond acceptors (Lipinski definition) is 2. The van der Waals surface area contributed by atoms with Gasteiger partial charge in [-0.2, -0.15) is 0 Å². The predicted octanol–water partition coefficient (Wildman–Crippen LogP) is 4.33. The zero-order valence-electron chi connectivity index (χ0n) is 13.1. The Balaban J connectivity index is 1.89. The van der Waals surface area contributed by atoms with Gasteiger partial charge in [-0.3, -0.25) is 4.79 Å². The van der Waals surface area contributed by atoms with Crippen molar-refractivity contribution in [3.8, 4) is 5.75 Å². The van der Waals surface area contributed by atoms with Crippen LogP contribution in [0, 0.1) is 13.8 Å². The van der Waals surface area contributed by atoms with Crippen molar-refractivity contribution in [3.05, 3.63) is 65.2 Å². The van der Waals surface area contributed by atoms with Crippen molar-refractivity contribution in [1.29, 1.82) is 0 Å². The van der Waals surface area contributed by atoms with E-state index in [0.717, 1.165) is 22.4 Å². The minimum Gasteiger partial charge on any atom is -0.493 e. The number of ether oxygens (including phenoxy) is 1. The summed E-state index contributed by atoms with van der Waals surface area (Å²) in [6, 6.07) is 15.5. The second kappa shape index (κ2) is 7.64. The van der Waals surface area contributed by atoms with E-state index in [2.05, 4.69) is 6.07 Å². The summed E-state index contributed by atoms with van der Waals surface area (Å²) in [7, 11) is 0. The van der Waals surface area contributed by atoms with E-state index < -0.39 is 11.9 Å². The summed E-state index contributed by atoms with van der Waals surface area (Å²) in [5.74, 6) is -0.368. The number of rotatable bonds is 7. The second-order valence-electron chi connectivity index (χ2n) is 5.56. The zero-order valence-corrected chi connectivity index (χ0v) is 13.1. The molecule has 0 fully saturated rings. The van der Waals surface area contributed by atoms with Gasteiger partial charge in [0, 0.05) is 0 Å². The van der Waals surface area contributed by atoms with Crippen molar-refractivity contribution in [3.63, 3.8) is 0 Å². The Morgan fingerprint density at radius 3 is 2.55 bits per heavy atom. The number of carbonyl (C=O) groups is 1. The van der Waals surface area contributed by atoms with E-state index in [1.165, 1.54) is 0 Å². The van der Waals surface area contributed by atoms with Gasteiger partial charge < -0.3 is 9.84 Å². The maximum atomic E-state index is 11.4. The molecule has 0 radical (unpaired) electrons. The van der Waals surface area contributed by atoms with E-state index in [9.17, 15) is 9.90 Å². The molecule has 3 nitrogen and oxygen atoms in total. The molecule has 116 valence electrons. The van der Waals surface area contributed by atoms with Crippen molar-refractivity contribution in [2.24, 2.45) is 0 Å². The van der Waals surface area contributed by atoms with Gasteiger partial charge in [0.25, 0.3) is 0 Å². The van der Waals surface area contributed by atoms with Crippen molar-refractivity contribution in [1.82, 2.24) is 0 Å². The van der Waals surface area contributed by atoms with Gasteiger partial charge >= 0.3 is 5.97 Å². The van der Waals surface area contributed by atoms with Crippen molar-refractivity contribution in [2.75, 3.05) is 6.61 Å². The Kier molecular flexibility index (Phi) is 5.59. The van der Waals surface area contributed by atoms with Crippen LogP contribution in [0.1, 0.15) is 35.4 Å². The van der Waals surface area contributed by atoms with Crippen LogP contribution in [0.3, 0.4) is 0 Å². The van der Waals surface area contributed by atoms with Crippen LogP contribution in [0.5, 0.6) is 5.75 Å². The van der Waals surface area contributed by atoms with E-state index in [-0.39, 0.29) is 0 Å². The van der Waals surface area contributed by atoms with Crippen LogP contribution < -0.4 is 4.74 Å². The Labute approximate surface area is 131 Å². The zero-order chi connectivity index (χ0) is 15.9. The topological polar surface area (TPSA) is 46.5 Å². The summed E-state index contributed by atoms with van der Waals surface area (Å²) in [5, 5.41) is 9.38. The first kappa shape index (κ1) is 16.1. The van der Waals surface area contributed by atoms with Gasteiger partial charge in [-0.15, -0.1) is 0 Å². The van der Waals surface area contributed by atoms with E-state index in [1.54, 1.807) is 0 Å². The maximum Gasteiger partial charge on any atom is 0.310 e. The average Bonchev–Trinajstić information content (AvgIpc) is 2.51. The maximum absolute atomic E-state index is 11.4. The van der Waals surface area contributed by atoms with E-state index in [0.29, 0.717) is 19.4 Å². The highest BCUT2D eigenvalue weighted by Gasteiger charge is 2.18. The number of benzene rings is 2. The van der Waals surface area contributed by atoms with E-state index in [4.69, 9.17) is 4.74 Å². The molecule has 0 saturated heterocycles. The van der Waals surface area contributed by atoms with Gasteiger partial charge in [0.15, 0.2) is 0 Å². The van der Waals surface area contributed by atoms with Gasteiger partial charge in [0.2, 0.25) is 0 Å². The number of carboxylic acid groups (broad SMARTS) is 1. The first-order valence-corrected chi connectivity index (χ1v) is 7.55. The first-order valence-electron chi connectivity index (χ1n) is 7.55. The Hall–Kier alpha value is -2.29. The van der Waals surface area contributed by atoms with Crippen molar-refractivity contribution >= 4 is 5.97 Å². The molecule has 1 atom stereocenters. The van der Waals surface area contributed by atoms with Gasteiger partial charge in [0.1, 0.15) is 5.75 Å². The summed E-state index contributed by atoms with van der Waals surface area (Å²) >= 11 is 0. The molecule has 2 rings (SSSR count). The monoisotopic (exact) mass is 298 g/mol. The third kappa shape index (κ3) is 4.35. The minimum atomic E-state index is -0.780. The standard InChI is InChI=1S/C19H22O3/c1-14-10-11-15(2)18(13-14)22-12-6-9-17(19(20)21)16-7-4-3-5-8-16/h3-5,7-8,10-11,13,17H,6,9,12H2,1-2H3,(H,20,21). The van der Waals surface area contributed by atoms with Crippen molar-refractivity contribution < 1.29 is 14.6 Å².